The standard InChI is InChI=1S/C19H13NO3/c20-14-21-15-10-12-17(13-11-15)23-19-9-5-4-8-18(19)22-16-6-2-1-3-7-16/h1-13H. The molecule has 0 unspecified atom stereocenters. The Hall–Kier alpha value is -3.45. The normalized spacial score (nSPS) is 9.70. The number of hydrogen-bond donors (Lipinski definition) is 0. The number of nitrogens with zero attached hydrogens (tertiary/aromatic N) is 1. The zero-order valence-corrected chi connectivity index (χ0v) is 12.2. The smallest absolute Gasteiger partial charge is 0.292 e. The van der Waals surface area contributed by atoms with Crippen LogP contribution >= 0.6 is 0 Å². The van der Waals surface area contributed by atoms with Crippen LogP contribution in [0, 0.1) is 11.5 Å². The number of benzene rings is 3. The third-order valence-corrected chi connectivity index (χ3v) is 3.04. The fourth-order valence-electron chi connectivity index (χ4n) is 1.99. The van der Waals surface area contributed by atoms with Crippen molar-refractivity contribution in [2.45, 2.75) is 0 Å². The summed E-state index contributed by atoms with van der Waals surface area (Å²) >= 11 is 0. The van der Waals surface area contributed by atoms with E-state index in [1.165, 1.54) is 0 Å². The molecular weight excluding hydrogens is 290 g/mol. The lowest BCUT2D eigenvalue weighted by molar-refractivity contribution is 0.418. The lowest BCUT2D eigenvalue weighted by Gasteiger charge is -2.12. The first-order valence-electron chi connectivity index (χ1n) is 7.01. The Morgan fingerprint density at radius 1 is 0.565 bits per heavy atom. The second-order valence-corrected chi connectivity index (χ2v) is 4.63. The van der Waals surface area contributed by atoms with Crippen LogP contribution in [-0.4, -0.2) is 0 Å². The summed E-state index contributed by atoms with van der Waals surface area (Å²) in [5.41, 5.74) is 0. The summed E-state index contributed by atoms with van der Waals surface area (Å²) in [5, 5.41) is 8.48. The molecule has 112 valence electrons. The molecule has 0 saturated heterocycles. The molecule has 4 nitrogen and oxygen atoms in total. The van der Waals surface area contributed by atoms with Crippen molar-refractivity contribution in [3.63, 3.8) is 0 Å². The van der Waals surface area contributed by atoms with E-state index in [-0.39, 0.29) is 0 Å². The minimum Gasteiger partial charge on any atom is -0.453 e. The SMILES string of the molecule is N#COc1ccc(Oc2ccccc2Oc2ccccc2)cc1. The number of ether oxygens (including phenoxy) is 3. The molecule has 0 aliphatic heterocycles. The predicted octanol–water partition coefficient (Wildman–Crippen LogP) is 5.13. The molecule has 0 amide bonds. The van der Waals surface area contributed by atoms with Crippen molar-refractivity contribution in [1.29, 1.82) is 5.26 Å². The monoisotopic (exact) mass is 303 g/mol. The zero-order valence-electron chi connectivity index (χ0n) is 12.2. The number of para-hydroxylation sites is 3. The Balaban J connectivity index is 1.79. The van der Waals surface area contributed by atoms with Crippen molar-refractivity contribution < 1.29 is 14.2 Å². The molecule has 0 bridgehead atoms. The molecule has 3 rings (SSSR count). The summed E-state index contributed by atoms with van der Waals surface area (Å²) in [6, 6.07) is 23.7. The zero-order chi connectivity index (χ0) is 15.9. The van der Waals surface area contributed by atoms with E-state index in [4.69, 9.17) is 19.5 Å². The molecule has 0 aromatic heterocycles. The molecule has 3 aromatic carbocycles. The van der Waals surface area contributed by atoms with Gasteiger partial charge in [-0.25, -0.2) is 0 Å². The van der Waals surface area contributed by atoms with Crippen LogP contribution in [0.3, 0.4) is 0 Å². The highest BCUT2D eigenvalue weighted by atomic mass is 16.5. The lowest BCUT2D eigenvalue weighted by atomic mass is 10.3. The van der Waals surface area contributed by atoms with Gasteiger partial charge < -0.3 is 14.2 Å². The van der Waals surface area contributed by atoms with Gasteiger partial charge >= 0.3 is 0 Å². The van der Waals surface area contributed by atoms with Gasteiger partial charge in [-0.1, -0.05) is 30.3 Å². The Kier molecular flexibility index (Phi) is 4.41. The molecule has 0 spiro atoms. The van der Waals surface area contributed by atoms with Crippen LogP contribution in [0.1, 0.15) is 0 Å². The third-order valence-electron chi connectivity index (χ3n) is 3.04. The van der Waals surface area contributed by atoms with Gasteiger partial charge in [-0.3, -0.25) is 0 Å². The topological polar surface area (TPSA) is 51.5 Å². The first kappa shape index (κ1) is 14.5. The highest BCUT2D eigenvalue weighted by molar-refractivity contribution is 5.45. The summed E-state index contributed by atoms with van der Waals surface area (Å²) in [6.07, 6.45) is 1.63. The van der Waals surface area contributed by atoms with E-state index in [0.29, 0.717) is 23.0 Å². The minimum absolute atomic E-state index is 0.466. The van der Waals surface area contributed by atoms with Crippen molar-refractivity contribution in [1.82, 2.24) is 0 Å². The van der Waals surface area contributed by atoms with Crippen LogP contribution < -0.4 is 14.2 Å². The van der Waals surface area contributed by atoms with Crippen molar-refractivity contribution in [2.24, 2.45) is 0 Å². The minimum atomic E-state index is 0.466. The van der Waals surface area contributed by atoms with Crippen LogP contribution in [0.25, 0.3) is 0 Å². The quantitative estimate of drug-likeness (QED) is 0.613. The second-order valence-electron chi connectivity index (χ2n) is 4.63. The highest BCUT2D eigenvalue weighted by Gasteiger charge is 2.07. The van der Waals surface area contributed by atoms with Crippen molar-refractivity contribution in [2.75, 3.05) is 0 Å². The van der Waals surface area contributed by atoms with Gasteiger partial charge in [0, 0.05) is 0 Å². The van der Waals surface area contributed by atoms with Gasteiger partial charge in [0.2, 0.25) is 0 Å². The second kappa shape index (κ2) is 7.01. The molecule has 0 aliphatic carbocycles. The summed E-state index contributed by atoms with van der Waals surface area (Å²) in [5.74, 6) is 3.05. The Morgan fingerprint density at radius 2 is 1.04 bits per heavy atom. The molecule has 0 saturated carbocycles. The Labute approximate surface area is 134 Å². The lowest BCUT2D eigenvalue weighted by Crippen LogP contribution is -1.90. The molecule has 3 aromatic rings. The molecule has 23 heavy (non-hydrogen) atoms. The van der Waals surface area contributed by atoms with Crippen LogP contribution in [0.15, 0.2) is 78.9 Å². The summed E-state index contributed by atoms with van der Waals surface area (Å²) in [6.45, 7) is 0. The fraction of sp³-hybridized carbons (Fsp3) is 0. The molecule has 0 aliphatic rings. The van der Waals surface area contributed by atoms with Gasteiger partial charge in [-0.2, -0.15) is 0 Å². The molecule has 0 N–H and O–H groups in total. The summed E-state index contributed by atoms with van der Waals surface area (Å²) in [4.78, 5) is 0. The first-order chi connectivity index (χ1) is 11.3. The third kappa shape index (κ3) is 3.80. The van der Waals surface area contributed by atoms with Crippen LogP contribution in [0.4, 0.5) is 0 Å². The van der Waals surface area contributed by atoms with Crippen molar-refractivity contribution >= 4 is 0 Å². The highest BCUT2D eigenvalue weighted by Crippen LogP contribution is 2.34. The molecule has 0 radical (unpaired) electrons. The summed E-state index contributed by atoms with van der Waals surface area (Å²) in [7, 11) is 0. The van der Waals surface area contributed by atoms with Crippen LogP contribution in [0.2, 0.25) is 0 Å². The molecule has 4 heteroatoms. The van der Waals surface area contributed by atoms with E-state index in [9.17, 15) is 0 Å². The maximum atomic E-state index is 8.48. The van der Waals surface area contributed by atoms with Gasteiger partial charge in [0.25, 0.3) is 6.26 Å². The van der Waals surface area contributed by atoms with E-state index in [0.717, 1.165) is 5.75 Å². The van der Waals surface area contributed by atoms with Crippen molar-refractivity contribution in [3.8, 4) is 35.0 Å². The Morgan fingerprint density at radius 3 is 1.61 bits per heavy atom. The van der Waals surface area contributed by atoms with Gasteiger partial charge in [0.05, 0.1) is 0 Å². The Bertz CT molecular complexity index is 808. The fourth-order valence-corrected chi connectivity index (χ4v) is 1.99. The average molecular weight is 303 g/mol. The van der Waals surface area contributed by atoms with Gasteiger partial charge in [0.15, 0.2) is 11.5 Å². The van der Waals surface area contributed by atoms with Gasteiger partial charge in [0.1, 0.15) is 17.2 Å². The van der Waals surface area contributed by atoms with E-state index in [1.54, 1.807) is 30.5 Å². The molecule has 0 heterocycles. The van der Waals surface area contributed by atoms with Crippen LogP contribution in [-0.2, 0) is 0 Å². The number of rotatable bonds is 5. The molecule has 0 atom stereocenters. The van der Waals surface area contributed by atoms with E-state index in [1.807, 2.05) is 54.6 Å². The van der Waals surface area contributed by atoms with Crippen molar-refractivity contribution in [3.05, 3.63) is 78.9 Å². The molecular formula is C19H13NO3. The van der Waals surface area contributed by atoms with Crippen LogP contribution in [0.5, 0.6) is 28.7 Å². The maximum absolute atomic E-state index is 8.48. The number of nitriles is 1. The maximum Gasteiger partial charge on any atom is 0.292 e. The van der Waals surface area contributed by atoms with E-state index in [2.05, 4.69) is 0 Å². The van der Waals surface area contributed by atoms with E-state index < -0.39 is 0 Å². The average Bonchev–Trinajstić information content (AvgIpc) is 2.60. The first-order valence-corrected chi connectivity index (χ1v) is 7.01. The van der Waals surface area contributed by atoms with E-state index >= 15 is 0 Å². The summed E-state index contributed by atoms with van der Waals surface area (Å²) < 4.78 is 16.4. The van der Waals surface area contributed by atoms with Gasteiger partial charge in [-0.15, -0.1) is 5.26 Å². The predicted molar refractivity (Wildman–Crippen MR) is 85.7 cm³/mol. The largest absolute Gasteiger partial charge is 0.453 e. The molecule has 0 fully saturated rings. The number of hydrogen-bond acceptors (Lipinski definition) is 4. The van der Waals surface area contributed by atoms with Gasteiger partial charge in [-0.05, 0) is 48.5 Å².